The minimum Gasteiger partial charge on any atom is -0.370 e. The van der Waals surface area contributed by atoms with Crippen LogP contribution in [0, 0.1) is 0 Å². The summed E-state index contributed by atoms with van der Waals surface area (Å²) in [7, 11) is 0. The first-order valence-electron chi connectivity index (χ1n) is 4.88. The molecule has 1 aliphatic rings. The van der Waals surface area contributed by atoms with E-state index in [0.29, 0.717) is 0 Å². The molecule has 2 nitrogen and oxygen atoms in total. The molecule has 0 radical (unpaired) electrons. The molecule has 12 heavy (non-hydrogen) atoms. The van der Waals surface area contributed by atoms with Gasteiger partial charge in [0.15, 0.2) is 0 Å². The Kier molecular flexibility index (Phi) is 4.50. The van der Waals surface area contributed by atoms with Gasteiger partial charge in [0.05, 0.1) is 0 Å². The normalized spacial score (nSPS) is 15.9. The van der Waals surface area contributed by atoms with E-state index in [2.05, 4.69) is 29.4 Å². The molecular formula is C10H18N2. The number of nitrogens with one attached hydrogen (secondary N) is 1. The number of aliphatic imine (C=N–C) groups is 1. The molecule has 1 N–H and O–H groups in total. The lowest BCUT2D eigenvalue weighted by molar-refractivity contribution is 0.694. The van der Waals surface area contributed by atoms with Gasteiger partial charge in [-0.2, -0.15) is 0 Å². The summed E-state index contributed by atoms with van der Waals surface area (Å²) in [6.45, 7) is 4.24. The van der Waals surface area contributed by atoms with Crippen molar-refractivity contribution in [3.05, 3.63) is 12.2 Å². The fraction of sp³-hybridized carbons (Fsp3) is 0.700. The number of hydrogen-bond donors (Lipinski definition) is 1. The third-order valence-corrected chi connectivity index (χ3v) is 1.94. The van der Waals surface area contributed by atoms with E-state index in [1.165, 1.54) is 19.3 Å². The maximum atomic E-state index is 4.35. The summed E-state index contributed by atoms with van der Waals surface area (Å²) < 4.78 is 0. The monoisotopic (exact) mass is 166 g/mol. The van der Waals surface area contributed by atoms with E-state index in [0.717, 1.165) is 25.3 Å². The second-order valence-electron chi connectivity index (χ2n) is 3.09. The van der Waals surface area contributed by atoms with Crippen LogP contribution in [0.2, 0.25) is 0 Å². The molecule has 1 heterocycles. The number of dihydropyridines is 1. The Morgan fingerprint density at radius 1 is 1.50 bits per heavy atom. The van der Waals surface area contributed by atoms with Crippen molar-refractivity contribution < 1.29 is 0 Å². The molecule has 1 rings (SSSR count). The van der Waals surface area contributed by atoms with Gasteiger partial charge in [-0.15, -0.1) is 0 Å². The van der Waals surface area contributed by atoms with Crippen LogP contribution in [0.3, 0.4) is 0 Å². The van der Waals surface area contributed by atoms with Crippen molar-refractivity contribution in [2.75, 3.05) is 13.1 Å². The number of nitrogens with zero attached hydrogens (tertiary/aromatic N) is 1. The Hall–Kier alpha value is -0.790. The van der Waals surface area contributed by atoms with Gasteiger partial charge >= 0.3 is 0 Å². The van der Waals surface area contributed by atoms with Crippen LogP contribution in [0.15, 0.2) is 17.1 Å². The topological polar surface area (TPSA) is 24.4 Å². The zero-order valence-corrected chi connectivity index (χ0v) is 7.84. The largest absolute Gasteiger partial charge is 0.370 e. The summed E-state index contributed by atoms with van der Waals surface area (Å²) in [5.74, 6) is 1.07. The molecule has 0 aliphatic carbocycles. The first-order valence-corrected chi connectivity index (χ1v) is 4.88. The van der Waals surface area contributed by atoms with Crippen LogP contribution < -0.4 is 5.32 Å². The summed E-state index contributed by atoms with van der Waals surface area (Å²) in [4.78, 5) is 4.35. The molecule has 1 aliphatic heterocycles. The Bertz CT molecular complexity index is 171. The van der Waals surface area contributed by atoms with Crippen molar-refractivity contribution in [3.8, 4) is 0 Å². The molecule has 0 aromatic rings. The van der Waals surface area contributed by atoms with Crippen molar-refractivity contribution >= 4 is 5.84 Å². The summed E-state index contributed by atoms with van der Waals surface area (Å²) in [6, 6.07) is 0. The molecule has 68 valence electrons. The van der Waals surface area contributed by atoms with Crippen LogP contribution in [0.5, 0.6) is 0 Å². The molecule has 0 aromatic carbocycles. The number of unbranched alkanes of at least 4 members (excludes halogenated alkanes) is 2. The minimum atomic E-state index is 0.951. The highest BCUT2D eigenvalue weighted by Gasteiger charge is 1.95. The Labute approximate surface area is 74.8 Å². The summed E-state index contributed by atoms with van der Waals surface area (Å²) >= 11 is 0. The Balaban J connectivity index is 2.06. The van der Waals surface area contributed by atoms with Crippen molar-refractivity contribution in [2.45, 2.75) is 32.6 Å². The predicted octanol–water partition coefficient (Wildman–Crippen LogP) is 2.12. The van der Waals surface area contributed by atoms with Crippen LogP contribution in [-0.4, -0.2) is 18.9 Å². The highest BCUT2D eigenvalue weighted by molar-refractivity contribution is 5.93. The second-order valence-corrected chi connectivity index (χ2v) is 3.09. The lowest BCUT2D eigenvalue weighted by Crippen LogP contribution is -2.24. The van der Waals surface area contributed by atoms with Gasteiger partial charge in [-0.3, -0.25) is 4.99 Å². The molecule has 0 spiro atoms. The van der Waals surface area contributed by atoms with Crippen molar-refractivity contribution in [2.24, 2.45) is 4.99 Å². The first-order chi connectivity index (χ1) is 5.93. The van der Waals surface area contributed by atoms with Gasteiger partial charge in [0.1, 0.15) is 5.84 Å². The highest BCUT2D eigenvalue weighted by Crippen LogP contribution is 1.95. The van der Waals surface area contributed by atoms with Gasteiger partial charge in [0, 0.05) is 13.1 Å². The zero-order valence-electron chi connectivity index (χ0n) is 7.84. The lowest BCUT2D eigenvalue weighted by atomic mass is 10.2. The SMILES string of the molecule is CCCCCNC1=NCCC=C1. The van der Waals surface area contributed by atoms with Crippen molar-refractivity contribution in [1.29, 1.82) is 0 Å². The fourth-order valence-electron chi connectivity index (χ4n) is 1.21. The van der Waals surface area contributed by atoms with E-state index < -0.39 is 0 Å². The van der Waals surface area contributed by atoms with E-state index in [4.69, 9.17) is 0 Å². The first kappa shape index (κ1) is 9.30. The van der Waals surface area contributed by atoms with Gasteiger partial charge in [-0.1, -0.05) is 25.8 Å². The van der Waals surface area contributed by atoms with Gasteiger partial charge in [0.2, 0.25) is 0 Å². The number of rotatable bonds is 4. The molecule has 0 bridgehead atoms. The van der Waals surface area contributed by atoms with E-state index in [-0.39, 0.29) is 0 Å². The van der Waals surface area contributed by atoms with Crippen molar-refractivity contribution in [1.82, 2.24) is 5.32 Å². The molecule has 0 aromatic heterocycles. The summed E-state index contributed by atoms with van der Waals surface area (Å²) in [6.07, 6.45) is 9.20. The maximum Gasteiger partial charge on any atom is 0.120 e. The quantitative estimate of drug-likeness (QED) is 0.636. The average Bonchev–Trinajstić information content (AvgIpc) is 2.14. The van der Waals surface area contributed by atoms with Crippen LogP contribution in [0.4, 0.5) is 0 Å². The summed E-state index contributed by atoms with van der Waals surface area (Å²) in [5.41, 5.74) is 0. The van der Waals surface area contributed by atoms with E-state index in [1.807, 2.05) is 0 Å². The molecule has 0 saturated carbocycles. The standard InChI is InChI=1S/C10H18N2/c1-2-3-5-8-11-10-7-4-6-9-12-10/h4,7H,2-3,5-6,8-9H2,1H3,(H,11,12). The zero-order chi connectivity index (χ0) is 8.65. The van der Waals surface area contributed by atoms with Gasteiger partial charge in [-0.25, -0.2) is 0 Å². The minimum absolute atomic E-state index is 0.951. The molecule has 0 saturated heterocycles. The van der Waals surface area contributed by atoms with E-state index >= 15 is 0 Å². The molecule has 2 heteroatoms. The molecule has 0 atom stereocenters. The molecule has 0 unspecified atom stereocenters. The van der Waals surface area contributed by atoms with Crippen LogP contribution >= 0.6 is 0 Å². The smallest absolute Gasteiger partial charge is 0.120 e. The average molecular weight is 166 g/mol. The van der Waals surface area contributed by atoms with Crippen LogP contribution in [-0.2, 0) is 0 Å². The number of amidine groups is 1. The third kappa shape index (κ3) is 3.56. The molecule has 0 amide bonds. The summed E-state index contributed by atoms with van der Waals surface area (Å²) in [5, 5.41) is 3.32. The molecule has 0 fully saturated rings. The Morgan fingerprint density at radius 3 is 3.08 bits per heavy atom. The fourth-order valence-corrected chi connectivity index (χ4v) is 1.21. The van der Waals surface area contributed by atoms with Gasteiger partial charge < -0.3 is 5.32 Å². The molecular weight excluding hydrogens is 148 g/mol. The van der Waals surface area contributed by atoms with E-state index in [9.17, 15) is 0 Å². The van der Waals surface area contributed by atoms with Crippen LogP contribution in [0.25, 0.3) is 0 Å². The number of hydrogen-bond acceptors (Lipinski definition) is 2. The predicted molar refractivity (Wildman–Crippen MR) is 53.6 cm³/mol. The van der Waals surface area contributed by atoms with Crippen LogP contribution in [0.1, 0.15) is 32.6 Å². The third-order valence-electron chi connectivity index (χ3n) is 1.94. The van der Waals surface area contributed by atoms with Gasteiger partial charge in [-0.05, 0) is 18.9 Å². The highest BCUT2D eigenvalue weighted by atomic mass is 15.0. The van der Waals surface area contributed by atoms with Crippen molar-refractivity contribution in [3.63, 3.8) is 0 Å². The maximum absolute atomic E-state index is 4.35. The second kappa shape index (κ2) is 5.81. The van der Waals surface area contributed by atoms with E-state index in [1.54, 1.807) is 0 Å². The lowest BCUT2D eigenvalue weighted by Gasteiger charge is -2.08. The Morgan fingerprint density at radius 2 is 2.42 bits per heavy atom. The van der Waals surface area contributed by atoms with Gasteiger partial charge in [0.25, 0.3) is 0 Å².